The molecule has 12 heavy (non-hydrogen) atoms. The summed E-state index contributed by atoms with van der Waals surface area (Å²) in [6.07, 6.45) is 0. The average molecular weight is 207 g/mol. The fourth-order valence-corrected chi connectivity index (χ4v) is 1.65. The number of nitrogens with zero attached hydrogens (tertiary/aromatic N) is 2. The van der Waals surface area contributed by atoms with Gasteiger partial charge in [-0.15, -0.1) is 0 Å². The molecular weight excluding hydrogens is 206 g/mol. The number of rotatable bonds is 0. The number of halogens is 3. The van der Waals surface area contributed by atoms with E-state index in [1.165, 1.54) is 0 Å². The van der Waals surface area contributed by atoms with Crippen molar-refractivity contribution in [2.75, 3.05) is 0 Å². The van der Waals surface area contributed by atoms with Gasteiger partial charge in [-0.05, 0) is 0 Å². The molecule has 2 nitrogen and oxygen atoms in total. The minimum atomic E-state index is -1.07. The van der Waals surface area contributed by atoms with E-state index in [-0.39, 0.29) is 16.1 Å². The van der Waals surface area contributed by atoms with Crippen molar-refractivity contribution in [3.05, 3.63) is 22.7 Å². The monoisotopic (exact) mass is 206 g/mol. The molecule has 0 aliphatic rings. The van der Waals surface area contributed by atoms with Gasteiger partial charge in [-0.2, -0.15) is 8.75 Å². The molecule has 6 heteroatoms. The Morgan fingerprint density at radius 2 is 2.08 bits per heavy atom. The third-order valence-corrected chi connectivity index (χ3v) is 2.28. The lowest BCUT2D eigenvalue weighted by Crippen LogP contribution is -1.86. The lowest BCUT2D eigenvalue weighted by atomic mass is 10.3. The molecule has 0 bridgehead atoms. The predicted molar refractivity (Wildman–Crippen MR) is 42.3 cm³/mol. The first kappa shape index (κ1) is 7.82. The van der Waals surface area contributed by atoms with Crippen LogP contribution in [0.1, 0.15) is 0 Å². The second-order valence-electron chi connectivity index (χ2n) is 2.12. The normalized spacial score (nSPS) is 10.9. The van der Waals surface area contributed by atoms with Gasteiger partial charge in [0.25, 0.3) is 0 Å². The second kappa shape index (κ2) is 2.60. The van der Waals surface area contributed by atoms with Crippen molar-refractivity contribution in [1.29, 1.82) is 0 Å². The summed E-state index contributed by atoms with van der Waals surface area (Å²) in [5.74, 6) is -2.07. The van der Waals surface area contributed by atoms with E-state index in [1.54, 1.807) is 0 Å². The quantitative estimate of drug-likeness (QED) is 0.620. The number of hydrogen-bond donors (Lipinski definition) is 0. The molecule has 2 aromatic rings. The summed E-state index contributed by atoms with van der Waals surface area (Å²) < 4.78 is 32.9. The minimum absolute atomic E-state index is 0.209. The molecule has 1 heterocycles. The van der Waals surface area contributed by atoms with Crippen molar-refractivity contribution in [2.24, 2.45) is 0 Å². The molecule has 0 spiro atoms. The van der Waals surface area contributed by atoms with Crippen LogP contribution in [0.4, 0.5) is 8.78 Å². The first-order chi connectivity index (χ1) is 5.70. The maximum Gasteiger partial charge on any atom is 0.179 e. The van der Waals surface area contributed by atoms with Crippen molar-refractivity contribution in [2.45, 2.75) is 0 Å². The van der Waals surface area contributed by atoms with E-state index in [0.717, 1.165) is 17.8 Å². The topological polar surface area (TPSA) is 25.8 Å². The first-order valence-electron chi connectivity index (χ1n) is 2.96. The summed E-state index contributed by atoms with van der Waals surface area (Å²) in [6, 6.07) is 0.972. The minimum Gasteiger partial charge on any atom is -0.204 e. The van der Waals surface area contributed by atoms with Crippen LogP contribution in [-0.2, 0) is 0 Å². The van der Waals surface area contributed by atoms with Crippen LogP contribution in [0.15, 0.2) is 6.07 Å². The third-order valence-electron chi connectivity index (χ3n) is 1.39. The van der Waals surface area contributed by atoms with Crippen molar-refractivity contribution in [1.82, 2.24) is 8.75 Å². The van der Waals surface area contributed by atoms with Crippen molar-refractivity contribution < 1.29 is 8.78 Å². The Balaban J connectivity index is 2.94. The van der Waals surface area contributed by atoms with Gasteiger partial charge >= 0.3 is 0 Å². The highest BCUT2D eigenvalue weighted by Crippen LogP contribution is 2.26. The molecule has 0 atom stereocenters. The third kappa shape index (κ3) is 0.971. The molecule has 0 aliphatic carbocycles. The molecule has 1 aromatic carbocycles. The molecule has 0 N–H and O–H groups in total. The molecule has 0 fully saturated rings. The fraction of sp³-hybridized carbons (Fsp3) is 0. The van der Waals surface area contributed by atoms with Crippen LogP contribution in [0.3, 0.4) is 0 Å². The Bertz CT molecular complexity index is 442. The van der Waals surface area contributed by atoms with E-state index in [9.17, 15) is 8.78 Å². The van der Waals surface area contributed by atoms with Gasteiger partial charge in [0.2, 0.25) is 0 Å². The SMILES string of the molecule is Fc1cc2nsnc2c(Cl)c1F. The number of aromatic nitrogens is 2. The molecule has 0 unspecified atom stereocenters. The van der Waals surface area contributed by atoms with E-state index < -0.39 is 11.6 Å². The van der Waals surface area contributed by atoms with Gasteiger partial charge < -0.3 is 0 Å². The van der Waals surface area contributed by atoms with Gasteiger partial charge in [0.15, 0.2) is 11.6 Å². The molecule has 62 valence electrons. The van der Waals surface area contributed by atoms with E-state index >= 15 is 0 Å². The van der Waals surface area contributed by atoms with Crippen LogP contribution in [0.25, 0.3) is 11.0 Å². The molecule has 0 aliphatic heterocycles. The largest absolute Gasteiger partial charge is 0.204 e. The van der Waals surface area contributed by atoms with Crippen LogP contribution < -0.4 is 0 Å². The fourth-order valence-electron chi connectivity index (χ4n) is 0.835. The van der Waals surface area contributed by atoms with Crippen molar-refractivity contribution in [3.8, 4) is 0 Å². The highest BCUT2D eigenvalue weighted by Gasteiger charge is 2.13. The van der Waals surface area contributed by atoms with Crippen LogP contribution in [-0.4, -0.2) is 8.75 Å². The van der Waals surface area contributed by atoms with Crippen LogP contribution >= 0.6 is 23.3 Å². The summed E-state index contributed by atoms with van der Waals surface area (Å²) in [5, 5.41) is -0.307. The van der Waals surface area contributed by atoms with Crippen molar-refractivity contribution >= 4 is 34.4 Å². The van der Waals surface area contributed by atoms with Crippen LogP contribution in [0.2, 0.25) is 5.02 Å². The number of benzene rings is 1. The zero-order chi connectivity index (χ0) is 8.72. The number of fused-ring (bicyclic) bond motifs is 1. The zero-order valence-corrected chi connectivity index (χ0v) is 7.09. The van der Waals surface area contributed by atoms with Crippen LogP contribution in [0, 0.1) is 11.6 Å². The Morgan fingerprint density at radius 3 is 2.83 bits per heavy atom. The Morgan fingerprint density at radius 1 is 1.33 bits per heavy atom. The van der Waals surface area contributed by atoms with Crippen molar-refractivity contribution in [3.63, 3.8) is 0 Å². The molecule has 0 saturated heterocycles. The van der Waals surface area contributed by atoms with Gasteiger partial charge in [0, 0.05) is 6.07 Å². The lowest BCUT2D eigenvalue weighted by Gasteiger charge is -1.94. The molecular formula is C6HClF2N2S. The van der Waals surface area contributed by atoms with Gasteiger partial charge in [0.1, 0.15) is 16.1 Å². The summed E-state index contributed by atoms with van der Waals surface area (Å²) >= 11 is 6.33. The lowest BCUT2D eigenvalue weighted by molar-refractivity contribution is 0.511. The summed E-state index contributed by atoms with van der Waals surface area (Å²) in [7, 11) is 0. The predicted octanol–water partition coefficient (Wildman–Crippen LogP) is 2.62. The summed E-state index contributed by atoms with van der Waals surface area (Å²) in [5.41, 5.74) is 0.490. The molecule has 1 aromatic heterocycles. The zero-order valence-electron chi connectivity index (χ0n) is 5.51. The Kier molecular flexibility index (Phi) is 1.69. The van der Waals surface area contributed by atoms with Gasteiger partial charge in [0.05, 0.1) is 11.7 Å². The first-order valence-corrected chi connectivity index (χ1v) is 4.06. The highest BCUT2D eigenvalue weighted by molar-refractivity contribution is 7.00. The standard InChI is InChI=1S/C6HClF2N2S/c7-4-5(9)2(8)1-3-6(4)11-12-10-3/h1H. The Labute approximate surface area is 75.1 Å². The van der Waals surface area contributed by atoms with Gasteiger partial charge in [-0.3, -0.25) is 0 Å². The van der Waals surface area contributed by atoms with Gasteiger partial charge in [-0.1, -0.05) is 11.6 Å². The van der Waals surface area contributed by atoms with E-state index in [1.807, 2.05) is 0 Å². The summed E-state index contributed by atoms with van der Waals surface area (Å²) in [4.78, 5) is 0. The maximum absolute atomic E-state index is 12.8. The molecule has 2 rings (SSSR count). The maximum atomic E-state index is 12.8. The van der Waals surface area contributed by atoms with Crippen LogP contribution in [0.5, 0.6) is 0 Å². The van der Waals surface area contributed by atoms with E-state index in [2.05, 4.69) is 8.75 Å². The highest BCUT2D eigenvalue weighted by atomic mass is 35.5. The average Bonchev–Trinajstić information content (AvgIpc) is 2.48. The molecule has 0 radical (unpaired) electrons. The Hall–Kier alpha value is -0.810. The second-order valence-corrected chi connectivity index (χ2v) is 3.02. The smallest absolute Gasteiger partial charge is 0.179 e. The van der Waals surface area contributed by atoms with E-state index in [4.69, 9.17) is 11.6 Å². The summed E-state index contributed by atoms with van der Waals surface area (Å²) in [6.45, 7) is 0. The van der Waals surface area contributed by atoms with Gasteiger partial charge in [-0.25, -0.2) is 8.78 Å². The molecule has 0 saturated carbocycles. The number of hydrogen-bond acceptors (Lipinski definition) is 3. The molecule has 0 amide bonds. The van der Waals surface area contributed by atoms with E-state index in [0.29, 0.717) is 0 Å².